The topological polar surface area (TPSA) is 102 Å². The Bertz CT molecular complexity index is 1510. The van der Waals surface area contributed by atoms with E-state index in [1.807, 2.05) is 4.52 Å². The van der Waals surface area contributed by atoms with Crippen LogP contribution in [0.5, 0.6) is 0 Å². The zero-order chi connectivity index (χ0) is 46.7. The first-order valence-corrected chi connectivity index (χ1v) is 15.1. The summed E-state index contributed by atoms with van der Waals surface area (Å²) in [5, 5.41) is 9.40. The lowest BCUT2D eigenvalue weighted by atomic mass is 9.76. The summed E-state index contributed by atoms with van der Waals surface area (Å²) >= 11 is 0. The zero-order valence-corrected chi connectivity index (χ0v) is 27.7. The number of carbonyl (C=O) groups excluding carboxylic acids is 1. The third-order valence-electron chi connectivity index (χ3n) is 6.82. The van der Waals surface area contributed by atoms with E-state index in [9.17, 15) is 129 Å². The molecule has 0 rings (SSSR count). The van der Waals surface area contributed by atoms with Crippen molar-refractivity contribution in [3.8, 4) is 0 Å². The fraction of sp³-hybridized carbons (Fsp3) is 0.870. The van der Waals surface area contributed by atoms with Gasteiger partial charge in [0.05, 0.1) is 6.61 Å². The van der Waals surface area contributed by atoms with Gasteiger partial charge < -0.3 is 14.7 Å². The Balaban J connectivity index is 8.23. The molecule has 57 heavy (non-hydrogen) atoms. The van der Waals surface area contributed by atoms with Crippen LogP contribution in [0.3, 0.4) is 0 Å². The zero-order valence-electron chi connectivity index (χ0n) is 26.8. The van der Waals surface area contributed by atoms with Gasteiger partial charge in [0.1, 0.15) is 12.7 Å². The van der Waals surface area contributed by atoms with Gasteiger partial charge >= 0.3 is 91.0 Å². The van der Waals surface area contributed by atoms with Crippen LogP contribution in [0.4, 0.5) is 114 Å². The molecular weight excluding hydrogens is 913 g/mol. The number of rotatable bonds is 21. The van der Waals surface area contributed by atoms with E-state index in [1.54, 1.807) is 0 Å². The number of hydrogen-bond donors (Lipinski definition) is 2. The predicted molar refractivity (Wildman–Crippen MR) is 128 cm³/mol. The van der Waals surface area contributed by atoms with Gasteiger partial charge in [0.15, 0.2) is 0 Å². The lowest BCUT2D eigenvalue weighted by Crippen LogP contribution is -2.83. The smallest absolute Gasteiger partial charge is 0.460 e. The van der Waals surface area contributed by atoms with Crippen LogP contribution >= 0.6 is 7.82 Å². The van der Waals surface area contributed by atoms with Gasteiger partial charge in [-0.3, -0.25) is 4.52 Å². The summed E-state index contributed by atoms with van der Waals surface area (Å²) in [6, 6.07) is 0. The fourth-order valence-corrected chi connectivity index (χ4v) is 4.45. The van der Waals surface area contributed by atoms with Gasteiger partial charge in [-0.2, -0.15) is 110 Å². The SMILES string of the molecule is C=C(C)C(=O)OCC(O)COP(=O)(O)OC(F)(F)C(F)(C(F)(F)C(F)(F)C(F)(F)C(F)(F)C(F)(F)CCC)C(F)(F)C(F)(F)C(F)(F)C(F)(F)C(F)(F)C(F)(F)F. The van der Waals surface area contributed by atoms with E-state index in [4.69, 9.17) is 0 Å². The molecule has 7 nitrogen and oxygen atoms in total. The third kappa shape index (κ3) is 8.32. The summed E-state index contributed by atoms with van der Waals surface area (Å²) in [4.78, 5) is 20.4. The first-order chi connectivity index (χ1) is 24.5. The second-order valence-corrected chi connectivity index (χ2v) is 12.6. The van der Waals surface area contributed by atoms with E-state index in [0.29, 0.717) is 0 Å². The average molecular weight is 932 g/mol. The second-order valence-electron chi connectivity index (χ2n) is 11.2. The van der Waals surface area contributed by atoms with E-state index >= 15 is 4.39 Å². The van der Waals surface area contributed by atoms with Crippen LogP contribution < -0.4 is 0 Å². The van der Waals surface area contributed by atoms with Crippen molar-refractivity contribution in [2.24, 2.45) is 0 Å². The van der Waals surface area contributed by atoms with Crippen LogP contribution in [0.2, 0.25) is 0 Å². The molecule has 0 amide bonds. The molecule has 0 heterocycles. The number of aliphatic hydroxyl groups is 1. The Morgan fingerprint density at radius 3 is 1.26 bits per heavy atom. The Hall–Kier alpha value is -2.54. The minimum Gasteiger partial charge on any atom is -0.460 e. The van der Waals surface area contributed by atoms with Crippen LogP contribution in [-0.4, -0.2) is 112 Å². The fourth-order valence-electron chi connectivity index (χ4n) is 3.62. The molecular formula is C23H19F26O7P. The highest BCUT2D eigenvalue weighted by molar-refractivity contribution is 7.47. The van der Waals surface area contributed by atoms with E-state index in [-0.39, 0.29) is 6.92 Å². The lowest BCUT2D eigenvalue weighted by molar-refractivity contribution is -0.495. The van der Waals surface area contributed by atoms with Crippen LogP contribution in [0, 0.1) is 0 Å². The van der Waals surface area contributed by atoms with Crippen molar-refractivity contribution < 1.29 is 147 Å². The Morgan fingerprint density at radius 1 is 0.596 bits per heavy atom. The molecule has 340 valence electrons. The van der Waals surface area contributed by atoms with Gasteiger partial charge in [-0.25, -0.2) is 18.3 Å². The molecule has 0 bridgehead atoms. The quantitative estimate of drug-likeness (QED) is 0.0512. The number of halogens is 26. The van der Waals surface area contributed by atoms with E-state index < -0.39 is 129 Å². The maximum absolute atomic E-state index is 15.7. The first kappa shape index (κ1) is 54.5. The van der Waals surface area contributed by atoms with Gasteiger partial charge in [-0.1, -0.05) is 19.9 Å². The molecule has 3 atom stereocenters. The molecule has 0 saturated carbocycles. The molecule has 2 N–H and O–H groups in total. The van der Waals surface area contributed by atoms with E-state index in [0.717, 1.165) is 6.92 Å². The number of ether oxygens (including phenoxy) is 1. The Morgan fingerprint density at radius 2 is 0.930 bits per heavy atom. The van der Waals surface area contributed by atoms with Crippen molar-refractivity contribution in [2.75, 3.05) is 13.2 Å². The highest BCUT2D eigenvalue weighted by Gasteiger charge is 3.03. The maximum Gasteiger partial charge on any atom is 0.477 e. The number of aliphatic hydroxyl groups excluding tert-OH is 1. The Labute approximate surface area is 297 Å². The highest BCUT2D eigenvalue weighted by Crippen LogP contribution is 2.71. The van der Waals surface area contributed by atoms with Crippen LogP contribution in [0.15, 0.2) is 12.2 Å². The van der Waals surface area contributed by atoms with Crippen LogP contribution in [0.1, 0.15) is 26.7 Å². The van der Waals surface area contributed by atoms with Crippen LogP contribution in [-0.2, 0) is 23.1 Å². The number of alkyl halides is 26. The van der Waals surface area contributed by atoms with Gasteiger partial charge in [0, 0.05) is 12.0 Å². The largest absolute Gasteiger partial charge is 0.477 e. The predicted octanol–water partition coefficient (Wildman–Crippen LogP) is 9.62. The molecule has 3 unspecified atom stereocenters. The molecule has 0 aromatic carbocycles. The summed E-state index contributed by atoms with van der Waals surface area (Å²) in [5.41, 5.74) is -10.8. The minimum absolute atomic E-state index is 0.267. The number of phosphoric ester groups is 1. The van der Waals surface area contributed by atoms with Gasteiger partial charge in [0.25, 0.3) is 0 Å². The lowest BCUT2D eigenvalue weighted by Gasteiger charge is -2.50. The summed E-state index contributed by atoms with van der Waals surface area (Å²) in [6.45, 7) is 0.0128. The second kappa shape index (κ2) is 15.5. The normalized spacial score (nSPS) is 18.1. The summed E-state index contributed by atoms with van der Waals surface area (Å²) in [5.74, 6) is -94.4. The number of hydrogen-bond acceptors (Lipinski definition) is 6. The highest BCUT2D eigenvalue weighted by atomic mass is 31.2. The molecule has 0 spiro atoms. The standard InChI is InChI=1S/C23H19F26O7P/c1-4-5-11(24,25)13(27,28)16(33,34)17(35,36)14(29,30)12(26,23(48,49)56-57(52,53)55-7-9(50)6-54-10(51)8(2)3)15(31,32)18(37,38)19(39,40)20(41,42)21(43,44)22(45,46)47/h9,50H,2,4-7H2,1,3H3,(H,52,53). The van der Waals surface area contributed by atoms with E-state index in [1.165, 1.54) is 0 Å². The average Bonchev–Trinajstić information content (AvgIpc) is 2.99. The van der Waals surface area contributed by atoms with Crippen LogP contribution in [0.25, 0.3) is 0 Å². The van der Waals surface area contributed by atoms with Crippen molar-refractivity contribution in [1.82, 2.24) is 0 Å². The summed E-state index contributed by atoms with van der Waals surface area (Å²) in [6.07, 6.45) is -24.9. The molecule has 0 aromatic heterocycles. The molecule has 0 aliphatic heterocycles. The molecule has 0 aromatic rings. The molecule has 0 fully saturated rings. The van der Waals surface area contributed by atoms with Gasteiger partial charge in [-0.15, -0.1) is 0 Å². The molecule has 0 aliphatic rings. The minimum atomic E-state index is -10.3. The van der Waals surface area contributed by atoms with E-state index in [2.05, 4.69) is 15.8 Å². The third-order valence-corrected chi connectivity index (χ3v) is 7.76. The van der Waals surface area contributed by atoms with Crippen molar-refractivity contribution in [1.29, 1.82) is 0 Å². The molecule has 0 radical (unpaired) electrons. The van der Waals surface area contributed by atoms with Crippen molar-refractivity contribution in [3.05, 3.63) is 12.2 Å². The Kier molecular flexibility index (Phi) is 14.8. The summed E-state index contributed by atoms with van der Waals surface area (Å²) < 4.78 is 388. The first-order valence-electron chi connectivity index (χ1n) is 13.6. The number of esters is 1. The van der Waals surface area contributed by atoms with Gasteiger partial charge in [-0.05, 0) is 6.92 Å². The van der Waals surface area contributed by atoms with Gasteiger partial charge in [0.2, 0.25) is 0 Å². The maximum atomic E-state index is 15.7. The van der Waals surface area contributed by atoms with Crippen molar-refractivity contribution in [2.45, 2.75) is 110 Å². The molecule has 0 aliphatic carbocycles. The number of carbonyl (C=O) groups is 1. The van der Waals surface area contributed by atoms with Crippen molar-refractivity contribution in [3.63, 3.8) is 0 Å². The summed E-state index contributed by atoms with van der Waals surface area (Å²) in [7, 11) is -8.03. The number of phosphoric acid groups is 1. The monoisotopic (exact) mass is 932 g/mol. The molecule has 0 saturated heterocycles. The van der Waals surface area contributed by atoms with Crippen molar-refractivity contribution >= 4 is 13.8 Å². The molecule has 34 heteroatoms.